The van der Waals surface area contributed by atoms with Crippen molar-refractivity contribution in [3.63, 3.8) is 0 Å². The molecule has 0 bridgehead atoms. The molecule has 5 unspecified atom stereocenters. The van der Waals surface area contributed by atoms with Gasteiger partial charge in [-0.05, 0) is 24.0 Å². The molecular weight excluding hydrogens is 816 g/mol. The van der Waals surface area contributed by atoms with Crippen molar-refractivity contribution in [2.75, 3.05) is 13.7 Å². The van der Waals surface area contributed by atoms with Crippen LogP contribution in [0.1, 0.15) is 33.6 Å². The molecule has 306 valence electrons. The molecule has 4 amide bonds. The second-order valence-corrected chi connectivity index (χ2v) is 18.5. The highest BCUT2D eigenvalue weighted by molar-refractivity contribution is 7.92. The monoisotopic (exact) mass is 854 g/mol. The number of carboxylic acid groups (broad SMARTS) is 1. The summed E-state index contributed by atoms with van der Waals surface area (Å²) in [5, 5.41) is 26.5. The fourth-order valence-corrected chi connectivity index (χ4v) is 9.55. The molecule has 17 nitrogen and oxygen atoms in total. The number of sulfonamides is 1. The van der Waals surface area contributed by atoms with Gasteiger partial charge < -0.3 is 30.1 Å². The van der Waals surface area contributed by atoms with Crippen LogP contribution in [0.5, 0.6) is 11.5 Å². The van der Waals surface area contributed by atoms with Gasteiger partial charge in [0.1, 0.15) is 39.4 Å². The van der Waals surface area contributed by atoms with Gasteiger partial charge in [-0.1, -0.05) is 68.8 Å². The summed E-state index contributed by atoms with van der Waals surface area (Å²) in [6.07, 6.45) is -1.12. The molecule has 3 heterocycles. The third-order valence-electron chi connectivity index (χ3n) is 9.96. The molecule has 5 atom stereocenters. The lowest BCUT2D eigenvalue weighted by atomic mass is 9.85. The number of benzene rings is 2. The van der Waals surface area contributed by atoms with Crippen LogP contribution in [-0.4, -0.2) is 89.5 Å². The van der Waals surface area contributed by atoms with Crippen LogP contribution < -0.4 is 24.8 Å². The normalized spacial score (nSPS) is 20.8. The van der Waals surface area contributed by atoms with Gasteiger partial charge in [-0.25, -0.2) is 22.9 Å². The Morgan fingerprint density at radius 2 is 1.86 bits per heavy atom. The number of thiophene rings is 1. The van der Waals surface area contributed by atoms with Crippen molar-refractivity contribution < 1.29 is 47.1 Å². The van der Waals surface area contributed by atoms with Gasteiger partial charge in [0.25, 0.3) is 21.6 Å². The maximum Gasteiger partial charge on any atom is 0.405 e. The van der Waals surface area contributed by atoms with Gasteiger partial charge in [-0.15, -0.1) is 17.9 Å². The molecule has 0 spiro atoms. The zero-order chi connectivity index (χ0) is 42.3. The molecular formula is C38H39ClN6O11S2. The molecule has 2 aliphatic rings. The number of carbonyl (C=O) groups excluding carboxylic acids is 3. The molecule has 2 aromatic heterocycles. The molecule has 4 N–H and O–H groups in total. The fourth-order valence-electron chi connectivity index (χ4n) is 6.85. The number of nitrogens with one attached hydrogen (secondary N) is 3. The number of methoxy groups -OCH3 is 1. The number of nitro groups is 1. The van der Waals surface area contributed by atoms with Crippen LogP contribution in [0.2, 0.25) is 4.34 Å². The van der Waals surface area contributed by atoms with Gasteiger partial charge in [0.15, 0.2) is 4.34 Å². The minimum atomic E-state index is -4.69. The second kappa shape index (κ2) is 15.9. The van der Waals surface area contributed by atoms with E-state index < -0.39 is 88.1 Å². The summed E-state index contributed by atoms with van der Waals surface area (Å²) in [6.45, 7) is 8.49. The number of fused-ring (bicyclic) bond motifs is 1. The van der Waals surface area contributed by atoms with Gasteiger partial charge in [0.05, 0.1) is 29.8 Å². The maximum absolute atomic E-state index is 14.4. The minimum Gasteiger partial charge on any atom is -0.497 e. The Bertz CT molecular complexity index is 2440. The van der Waals surface area contributed by atoms with Crippen LogP contribution in [0.25, 0.3) is 22.2 Å². The predicted molar refractivity (Wildman–Crippen MR) is 213 cm³/mol. The van der Waals surface area contributed by atoms with Crippen LogP contribution in [0.4, 0.5) is 10.5 Å². The Balaban J connectivity index is 1.33. The summed E-state index contributed by atoms with van der Waals surface area (Å²) < 4.78 is 39.3. The SMILES string of the molecule is C=CC1CC1(NC(=O)C1CC(Oc2cc(-c3ccccc3)nc3cc(OC)ccc23)CN1C(=O)C(NC(=O)O)C(C)(C)C)C(=O)NS(=O)(=O)c1cc([N+](=O)[O-])c(Cl)s1. The van der Waals surface area contributed by atoms with Crippen molar-refractivity contribution in [3.8, 4) is 22.8 Å². The fraction of sp³-hybridized carbons (Fsp3) is 0.342. The lowest BCUT2D eigenvalue weighted by Gasteiger charge is -2.35. The highest BCUT2D eigenvalue weighted by Crippen LogP contribution is 2.46. The van der Waals surface area contributed by atoms with E-state index in [1.54, 1.807) is 45.0 Å². The average molecular weight is 855 g/mol. The Morgan fingerprint density at radius 3 is 2.45 bits per heavy atom. The van der Waals surface area contributed by atoms with E-state index >= 15 is 0 Å². The lowest BCUT2D eigenvalue weighted by molar-refractivity contribution is -0.384. The van der Waals surface area contributed by atoms with Gasteiger partial charge in [-0.2, -0.15) is 0 Å². The number of nitrogens with zero attached hydrogens (tertiary/aromatic N) is 3. The highest BCUT2D eigenvalue weighted by Gasteiger charge is 2.61. The summed E-state index contributed by atoms with van der Waals surface area (Å²) >= 11 is 6.25. The largest absolute Gasteiger partial charge is 0.497 e. The molecule has 20 heteroatoms. The number of ether oxygens (including phenoxy) is 2. The number of hydrogen-bond donors (Lipinski definition) is 4. The first-order valence-electron chi connectivity index (χ1n) is 17.7. The van der Waals surface area contributed by atoms with E-state index in [-0.39, 0.29) is 19.4 Å². The smallest absolute Gasteiger partial charge is 0.405 e. The Hall–Kier alpha value is -5.79. The standard InChI is InChI=1S/C38H39ClN6O11S2/c1-6-21-18-38(21,35(48)43-58(53,54)30-17-27(45(51)52)32(39)57-30)42-33(46)28-15-23(19-44(28)34(47)31(37(2,3)4)41-36(49)50)56-29-16-25(20-10-8-7-9-11-20)40-26-14-22(55-5)12-13-24(26)29/h6-14,16-17,21,23,28,31,41H,1,15,18-19H2,2-5H3,(H,42,46)(H,43,48)(H,49,50). The number of carbonyl (C=O) groups is 4. The van der Waals surface area contributed by atoms with Gasteiger partial charge in [-0.3, -0.25) is 24.5 Å². The zero-order valence-corrected chi connectivity index (χ0v) is 33.9. The summed E-state index contributed by atoms with van der Waals surface area (Å²) in [7, 11) is -3.17. The summed E-state index contributed by atoms with van der Waals surface area (Å²) in [6, 6.07) is 14.4. The van der Waals surface area contributed by atoms with Crippen molar-refractivity contribution in [1.82, 2.24) is 25.2 Å². The topological polar surface area (TPSA) is 236 Å². The Kier molecular flexibility index (Phi) is 11.4. The Morgan fingerprint density at radius 1 is 1.16 bits per heavy atom. The second-order valence-electron chi connectivity index (χ2n) is 14.9. The van der Waals surface area contributed by atoms with Gasteiger partial charge >= 0.3 is 6.09 Å². The van der Waals surface area contributed by atoms with Crippen molar-refractivity contribution in [1.29, 1.82) is 0 Å². The number of hydrogen-bond acceptors (Lipinski definition) is 12. The molecule has 2 fully saturated rings. The first kappa shape index (κ1) is 41.8. The number of aromatic nitrogens is 1. The first-order chi connectivity index (χ1) is 27.3. The third kappa shape index (κ3) is 8.41. The molecule has 1 saturated heterocycles. The third-order valence-corrected chi connectivity index (χ3v) is 13.1. The van der Waals surface area contributed by atoms with Crippen LogP contribution in [0, 0.1) is 21.4 Å². The quantitative estimate of drug-likeness (QED) is 0.0778. The highest BCUT2D eigenvalue weighted by atomic mass is 35.5. The number of halogens is 1. The van der Waals surface area contributed by atoms with E-state index in [2.05, 4.69) is 17.2 Å². The molecule has 6 rings (SSSR count). The van der Waals surface area contributed by atoms with Crippen molar-refractivity contribution in [2.45, 2.75) is 61.5 Å². The van der Waals surface area contributed by atoms with E-state index in [1.807, 2.05) is 35.1 Å². The number of pyridine rings is 1. The van der Waals surface area contributed by atoms with E-state index in [1.165, 1.54) is 18.1 Å². The van der Waals surface area contributed by atoms with Crippen LogP contribution in [0.15, 0.2) is 77.5 Å². The zero-order valence-electron chi connectivity index (χ0n) is 31.6. The van der Waals surface area contributed by atoms with E-state index in [9.17, 15) is 42.8 Å². The van der Waals surface area contributed by atoms with E-state index in [4.69, 9.17) is 26.1 Å². The number of likely N-dealkylation sites (tertiary alicyclic amines) is 1. The molecule has 2 aromatic carbocycles. The van der Waals surface area contributed by atoms with E-state index in [0.717, 1.165) is 11.6 Å². The van der Waals surface area contributed by atoms with Crippen LogP contribution in [0.3, 0.4) is 0 Å². The lowest BCUT2D eigenvalue weighted by Crippen LogP contribution is -2.60. The van der Waals surface area contributed by atoms with Crippen molar-refractivity contribution >= 4 is 73.4 Å². The minimum absolute atomic E-state index is 0.0601. The summed E-state index contributed by atoms with van der Waals surface area (Å²) in [5.41, 5.74) is -1.55. The number of rotatable bonds is 13. The molecule has 1 saturated carbocycles. The number of amides is 4. The maximum atomic E-state index is 14.4. The van der Waals surface area contributed by atoms with Crippen molar-refractivity contribution in [3.05, 3.63) is 87.8 Å². The van der Waals surface area contributed by atoms with Crippen molar-refractivity contribution in [2.24, 2.45) is 11.3 Å². The van der Waals surface area contributed by atoms with Crippen LogP contribution >= 0.6 is 22.9 Å². The Labute approximate surface area is 341 Å². The van der Waals surface area contributed by atoms with Gasteiger partial charge in [0.2, 0.25) is 11.8 Å². The predicted octanol–water partition coefficient (Wildman–Crippen LogP) is 5.13. The average Bonchev–Trinajstić information content (AvgIpc) is 3.47. The molecule has 1 aliphatic carbocycles. The van der Waals surface area contributed by atoms with Crippen LogP contribution in [-0.2, 0) is 24.4 Å². The molecule has 58 heavy (non-hydrogen) atoms. The summed E-state index contributed by atoms with van der Waals surface area (Å²) in [4.78, 5) is 70.8. The first-order valence-corrected chi connectivity index (χ1v) is 20.4. The molecule has 0 radical (unpaired) electrons. The van der Waals surface area contributed by atoms with Gasteiger partial charge in [0, 0.05) is 41.5 Å². The summed E-state index contributed by atoms with van der Waals surface area (Å²) in [5.74, 6) is -2.53. The molecule has 1 aliphatic heterocycles. The molecule has 4 aromatic rings. The van der Waals surface area contributed by atoms with E-state index in [0.29, 0.717) is 39.4 Å².